The van der Waals surface area contributed by atoms with Crippen molar-refractivity contribution >= 4 is 41.2 Å². The normalized spacial score (nSPS) is 10.9. The maximum absolute atomic E-state index is 11.9. The Hall–Kier alpha value is -2.67. The largest absolute Gasteiger partial charge is 0.444 e. The molecule has 0 aliphatic heterocycles. The van der Waals surface area contributed by atoms with Gasteiger partial charge in [0.2, 0.25) is 5.28 Å². The molecule has 1 aromatic carbocycles. The first-order chi connectivity index (χ1) is 11.8. The van der Waals surface area contributed by atoms with Gasteiger partial charge >= 0.3 is 6.09 Å². The summed E-state index contributed by atoms with van der Waals surface area (Å²) in [6.07, 6.45) is 1.87. The predicted molar refractivity (Wildman–Crippen MR) is 96.4 cm³/mol. The van der Waals surface area contributed by atoms with Gasteiger partial charge in [0, 0.05) is 29.6 Å². The lowest BCUT2D eigenvalue weighted by Crippen LogP contribution is -2.27. The second kappa shape index (κ2) is 7.94. The van der Waals surface area contributed by atoms with Gasteiger partial charge < -0.3 is 14.8 Å². The third-order valence-corrected chi connectivity index (χ3v) is 3.09. The topological polar surface area (TPSA) is 93.2 Å². The zero-order chi connectivity index (χ0) is 18.4. The number of rotatable bonds is 5. The fourth-order valence-electron chi connectivity index (χ4n) is 1.97. The van der Waals surface area contributed by atoms with Crippen LogP contribution in [-0.2, 0) is 16.0 Å². The lowest BCUT2D eigenvalue weighted by molar-refractivity contribution is -0.107. The van der Waals surface area contributed by atoms with Gasteiger partial charge in [-0.15, -0.1) is 0 Å². The first-order valence-electron chi connectivity index (χ1n) is 7.59. The summed E-state index contributed by atoms with van der Waals surface area (Å²) >= 11 is 5.82. The Labute approximate surface area is 150 Å². The van der Waals surface area contributed by atoms with E-state index in [0.717, 1.165) is 6.29 Å². The second-order valence-electron chi connectivity index (χ2n) is 6.22. The molecule has 132 valence electrons. The molecule has 2 N–H and O–H groups in total. The number of benzene rings is 1. The zero-order valence-corrected chi connectivity index (χ0v) is 14.9. The predicted octanol–water partition coefficient (Wildman–Crippen LogP) is 3.96. The number of aldehydes is 1. The molecule has 7 nitrogen and oxygen atoms in total. The molecular formula is C17H19ClN4O3. The minimum Gasteiger partial charge on any atom is -0.444 e. The smallest absolute Gasteiger partial charge is 0.412 e. The van der Waals surface area contributed by atoms with Gasteiger partial charge in [0.05, 0.1) is 0 Å². The Bertz CT molecular complexity index is 775. The number of amides is 1. The summed E-state index contributed by atoms with van der Waals surface area (Å²) in [7, 11) is 0. The third kappa shape index (κ3) is 6.04. The molecule has 0 radical (unpaired) electrons. The Balaban J connectivity index is 2.15. The van der Waals surface area contributed by atoms with Crippen LogP contribution in [0, 0.1) is 0 Å². The summed E-state index contributed by atoms with van der Waals surface area (Å²) in [6.45, 7) is 5.37. The average Bonchev–Trinajstić information content (AvgIpc) is 2.48. The van der Waals surface area contributed by atoms with E-state index in [1.54, 1.807) is 45.0 Å². The van der Waals surface area contributed by atoms with Crippen LogP contribution in [0.15, 0.2) is 30.5 Å². The Morgan fingerprint density at radius 3 is 2.72 bits per heavy atom. The molecular weight excluding hydrogens is 344 g/mol. The van der Waals surface area contributed by atoms with Crippen molar-refractivity contribution < 1.29 is 14.3 Å². The maximum Gasteiger partial charge on any atom is 0.412 e. The van der Waals surface area contributed by atoms with E-state index in [1.165, 1.54) is 6.20 Å². The SMILES string of the molecule is CC(C)(C)OC(=O)Nc1cccc(Nc2nc(Cl)ncc2CC=O)c1. The van der Waals surface area contributed by atoms with Gasteiger partial charge in [0.25, 0.3) is 0 Å². The number of halogens is 1. The van der Waals surface area contributed by atoms with Crippen LogP contribution < -0.4 is 10.6 Å². The van der Waals surface area contributed by atoms with E-state index in [1.807, 2.05) is 0 Å². The Morgan fingerprint density at radius 2 is 2.04 bits per heavy atom. The van der Waals surface area contributed by atoms with E-state index in [-0.39, 0.29) is 11.7 Å². The molecule has 0 unspecified atom stereocenters. The quantitative estimate of drug-likeness (QED) is 0.617. The number of nitrogens with one attached hydrogen (secondary N) is 2. The molecule has 1 aromatic heterocycles. The van der Waals surface area contributed by atoms with Crippen molar-refractivity contribution in [1.82, 2.24) is 9.97 Å². The Kier molecular flexibility index (Phi) is 5.93. The van der Waals surface area contributed by atoms with Crippen LogP contribution in [0.5, 0.6) is 0 Å². The van der Waals surface area contributed by atoms with E-state index in [4.69, 9.17) is 16.3 Å². The molecule has 0 aliphatic carbocycles. The standard InChI is InChI=1S/C17H19ClN4O3/c1-17(2,3)25-16(24)21-13-6-4-5-12(9-13)20-14-11(7-8-23)10-19-15(18)22-14/h4-6,8-10H,7H2,1-3H3,(H,21,24)(H,19,20,22). The molecule has 8 heteroatoms. The van der Waals surface area contributed by atoms with Gasteiger partial charge in [-0.1, -0.05) is 6.07 Å². The van der Waals surface area contributed by atoms with Gasteiger partial charge in [-0.2, -0.15) is 0 Å². The number of nitrogens with zero attached hydrogens (tertiary/aromatic N) is 2. The van der Waals surface area contributed by atoms with Crippen molar-refractivity contribution in [3.63, 3.8) is 0 Å². The first kappa shape index (κ1) is 18.7. The van der Waals surface area contributed by atoms with Crippen molar-refractivity contribution in [2.24, 2.45) is 0 Å². The third-order valence-electron chi connectivity index (χ3n) is 2.91. The molecule has 1 amide bonds. The second-order valence-corrected chi connectivity index (χ2v) is 6.55. The summed E-state index contributed by atoms with van der Waals surface area (Å²) in [6, 6.07) is 7.00. The summed E-state index contributed by atoms with van der Waals surface area (Å²) < 4.78 is 5.22. The van der Waals surface area contributed by atoms with Crippen LogP contribution in [0.1, 0.15) is 26.3 Å². The van der Waals surface area contributed by atoms with Crippen molar-refractivity contribution in [3.8, 4) is 0 Å². The molecule has 25 heavy (non-hydrogen) atoms. The van der Waals surface area contributed by atoms with Crippen molar-refractivity contribution in [1.29, 1.82) is 0 Å². The molecule has 0 bridgehead atoms. The van der Waals surface area contributed by atoms with Gasteiger partial charge in [-0.25, -0.2) is 14.8 Å². The van der Waals surface area contributed by atoms with Crippen molar-refractivity contribution in [2.75, 3.05) is 10.6 Å². The number of carbonyl (C=O) groups is 2. The highest BCUT2D eigenvalue weighted by molar-refractivity contribution is 6.28. The van der Waals surface area contributed by atoms with Crippen molar-refractivity contribution in [3.05, 3.63) is 41.3 Å². The molecule has 0 aliphatic rings. The number of carbonyl (C=O) groups excluding carboxylic acids is 2. The molecule has 2 rings (SSSR count). The van der Waals surface area contributed by atoms with E-state index < -0.39 is 11.7 Å². The number of hydrogen-bond donors (Lipinski definition) is 2. The number of aromatic nitrogens is 2. The summed E-state index contributed by atoms with van der Waals surface area (Å²) in [5, 5.41) is 5.80. The molecule has 0 spiro atoms. The summed E-state index contributed by atoms with van der Waals surface area (Å²) in [5.74, 6) is 0.432. The highest BCUT2D eigenvalue weighted by Gasteiger charge is 2.16. The zero-order valence-electron chi connectivity index (χ0n) is 14.2. The molecule has 0 saturated heterocycles. The number of hydrogen-bond acceptors (Lipinski definition) is 6. The van der Waals surface area contributed by atoms with E-state index in [0.29, 0.717) is 22.8 Å². The average molecular weight is 363 g/mol. The fourth-order valence-corrected chi connectivity index (χ4v) is 2.10. The van der Waals surface area contributed by atoms with Crippen LogP contribution in [0.25, 0.3) is 0 Å². The molecule has 0 atom stereocenters. The highest BCUT2D eigenvalue weighted by Crippen LogP contribution is 2.23. The lowest BCUT2D eigenvalue weighted by Gasteiger charge is -2.19. The van der Waals surface area contributed by atoms with Crippen LogP contribution >= 0.6 is 11.6 Å². The molecule has 1 heterocycles. The number of anilines is 3. The lowest BCUT2D eigenvalue weighted by atomic mass is 10.2. The van der Waals surface area contributed by atoms with Gasteiger partial charge in [0.1, 0.15) is 17.7 Å². The minimum atomic E-state index is -0.582. The van der Waals surface area contributed by atoms with Gasteiger partial charge in [-0.05, 0) is 50.6 Å². The van der Waals surface area contributed by atoms with E-state index in [2.05, 4.69) is 20.6 Å². The van der Waals surface area contributed by atoms with E-state index >= 15 is 0 Å². The minimum absolute atomic E-state index is 0.0696. The fraction of sp³-hybridized carbons (Fsp3) is 0.294. The molecule has 0 saturated carbocycles. The van der Waals surface area contributed by atoms with Gasteiger partial charge in [0.15, 0.2) is 0 Å². The summed E-state index contributed by atoms with van der Waals surface area (Å²) in [5.41, 5.74) is 1.25. The van der Waals surface area contributed by atoms with E-state index in [9.17, 15) is 9.59 Å². The maximum atomic E-state index is 11.9. The first-order valence-corrected chi connectivity index (χ1v) is 7.97. The van der Waals surface area contributed by atoms with Crippen LogP contribution in [0.4, 0.5) is 22.0 Å². The number of ether oxygens (including phenoxy) is 1. The summed E-state index contributed by atoms with van der Waals surface area (Å²) in [4.78, 5) is 30.6. The van der Waals surface area contributed by atoms with Gasteiger partial charge in [-0.3, -0.25) is 5.32 Å². The van der Waals surface area contributed by atoms with Crippen molar-refractivity contribution in [2.45, 2.75) is 32.8 Å². The molecule has 0 fully saturated rings. The highest BCUT2D eigenvalue weighted by atomic mass is 35.5. The van der Waals surface area contributed by atoms with Crippen LogP contribution in [0.2, 0.25) is 5.28 Å². The van der Waals surface area contributed by atoms with Crippen LogP contribution in [-0.4, -0.2) is 27.9 Å². The Morgan fingerprint density at radius 1 is 1.32 bits per heavy atom. The molecule has 2 aromatic rings. The monoisotopic (exact) mass is 362 g/mol. The van der Waals surface area contributed by atoms with Crippen LogP contribution in [0.3, 0.4) is 0 Å².